The molecule has 0 aromatic heterocycles. The van der Waals surface area contributed by atoms with Gasteiger partial charge in [0.15, 0.2) is 0 Å². The van der Waals surface area contributed by atoms with Crippen LogP contribution < -0.4 is 16.0 Å². The van der Waals surface area contributed by atoms with Crippen LogP contribution >= 0.6 is 0 Å². The maximum Gasteiger partial charge on any atom is 0.355 e. The van der Waals surface area contributed by atoms with Gasteiger partial charge in [0.2, 0.25) is 0 Å². The quantitative estimate of drug-likeness (QED) is 0.731. The molecule has 0 saturated carbocycles. The van der Waals surface area contributed by atoms with E-state index in [2.05, 4.69) is 5.32 Å². The number of amides is 2. The van der Waals surface area contributed by atoms with Gasteiger partial charge in [-0.1, -0.05) is 12.1 Å². The van der Waals surface area contributed by atoms with E-state index in [9.17, 15) is 14.4 Å². The van der Waals surface area contributed by atoms with E-state index in [1.165, 1.54) is 19.1 Å². The molecule has 0 bridgehead atoms. The number of methoxy groups -OCH3 is 2. The highest BCUT2D eigenvalue weighted by atomic mass is 16.5. The Hall–Kier alpha value is -3.07. The number of ether oxygens (including phenoxy) is 3. The molecule has 1 aromatic carbocycles. The summed E-state index contributed by atoms with van der Waals surface area (Å²) in [6, 6.07) is 6.35. The van der Waals surface area contributed by atoms with Crippen molar-refractivity contribution in [2.75, 3.05) is 32.5 Å². The van der Waals surface area contributed by atoms with E-state index in [0.29, 0.717) is 5.69 Å². The normalized spacial score (nSPS) is 14.1. The molecule has 25 heavy (non-hydrogen) atoms. The monoisotopic (exact) mass is 349 g/mol. The summed E-state index contributed by atoms with van der Waals surface area (Å²) in [5.41, 5.74) is 6.62. The van der Waals surface area contributed by atoms with Crippen LogP contribution in [0.3, 0.4) is 0 Å². The highest BCUT2D eigenvalue weighted by Gasteiger charge is 2.32. The topological polar surface area (TPSA) is 120 Å². The smallest absolute Gasteiger partial charge is 0.355 e. The van der Waals surface area contributed by atoms with Crippen molar-refractivity contribution in [2.24, 2.45) is 5.73 Å². The van der Waals surface area contributed by atoms with Crippen LogP contribution in [-0.4, -0.2) is 45.5 Å². The van der Waals surface area contributed by atoms with E-state index in [4.69, 9.17) is 19.9 Å². The van der Waals surface area contributed by atoms with Crippen molar-refractivity contribution in [3.63, 3.8) is 0 Å². The van der Waals surface area contributed by atoms with E-state index >= 15 is 0 Å². The van der Waals surface area contributed by atoms with Crippen molar-refractivity contribution >= 4 is 23.7 Å². The number of hydrogen-bond acceptors (Lipinski definition) is 7. The zero-order chi connectivity index (χ0) is 18.4. The first-order valence-corrected chi connectivity index (χ1v) is 7.35. The Morgan fingerprint density at radius 1 is 1.16 bits per heavy atom. The summed E-state index contributed by atoms with van der Waals surface area (Å²) in [7, 11) is 2.46. The summed E-state index contributed by atoms with van der Waals surface area (Å²) in [5, 5.41) is 2.48. The van der Waals surface area contributed by atoms with Crippen molar-refractivity contribution in [2.45, 2.75) is 6.54 Å². The van der Waals surface area contributed by atoms with Gasteiger partial charge in [0.25, 0.3) is 0 Å². The Morgan fingerprint density at radius 3 is 2.36 bits per heavy atom. The van der Waals surface area contributed by atoms with E-state index < -0.39 is 18.0 Å². The lowest BCUT2D eigenvalue weighted by atomic mass is 10.1. The third-order valence-corrected chi connectivity index (χ3v) is 3.55. The van der Waals surface area contributed by atoms with Gasteiger partial charge in [-0.05, 0) is 17.7 Å². The molecule has 3 N–H and O–H groups in total. The Morgan fingerprint density at radius 2 is 1.80 bits per heavy atom. The number of nitrogens with zero attached hydrogens (tertiary/aromatic N) is 1. The minimum absolute atomic E-state index is 0.0474. The van der Waals surface area contributed by atoms with Gasteiger partial charge < -0.3 is 30.2 Å². The summed E-state index contributed by atoms with van der Waals surface area (Å²) in [4.78, 5) is 36.4. The minimum atomic E-state index is -0.664. The number of urea groups is 1. The molecule has 0 spiro atoms. The van der Waals surface area contributed by atoms with Gasteiger partial charge in [-0.15, -0.1) is 0 Å². The van der Waals surface area contributed by atoms with Crippen LogP contribution in [0.15, 0.2) is 35.5 Å². The van der Waals surface area contributed by atoms with Gasteiger partial charge in [-0.3, -0.25) is 0 Å². The van der Waals surface area contributed by atoms with Crippen molar-refractivity contribution in [1.82, 2.24) is 5.32 Å². The second-order valence-electron chi connectivity index (χ2n) is 5.10. The molecule has 0 radical (unpaired) electrons. The third-order valence-electron chi connectivity index (χ3n) is 3.55. The lowest BCUT2D eigenvalue weighted by molar-refractivity contribution is -0.140. The number of carbonyl (C=O) groups is 3. The SMILES string of the molecule is COC(=O)C1=C(C(=O)OC)N(c2ccc(CNC(N)=O)cc2)COC1. The Labute approximate surface area is 144 Å². The fourth-order valence-electron chi connectivity index (χ4n) is 2.33. The van der Waals surface area contributed by atoms with Crippen LogP contribution in [0.25, 0.3) is 0 Å². The summed E-state index contributed by atoms with van der Waals surface area (Å²) in [5.74, 6) is -1.32. The lowest BCUT2D eigenvalue weighted by Gasteiger charge is -2.31. The number of nitrogens with one attached hydrogen (secondary N) is 1. The highest BCUT2D eigenvalue weighted by molar-refractivity contribution is 6.03. The van der Waals surface area contributed by atoms with Crippen LogP contribution in [0.1, 0.15) is 5.56 Å². The second kappa shape index (κ2) is 8.15. The van der Waals surface area contributed by atoms with Crippen molar-refractivity contribution in [3.8, 4) is 0 Å². The van der Waals surface area contributed by atoms with Gasteiger partial charge >= 0.3 is 18.0 Å². The predicted molar refractivity (Wildman–Crippen MR) is 87.2 cm³/mol. The van der Waals surface area contributed by atoms with Gasteiger partial charge in [-0.25, -0.2) is 14.4 Å². The summed E-state index contributed by atoms with van der Waals surface area (Å²) < 4.78 is 14.9. The number of hydrogen-bond donors (Lipinski definition) is 2. The van der Waals surface area contributed by atoms with Crippen molar-refractivity contribution in [1.29, 1.82) is 0 Å². The first kappa shape index (κ1) is 18.3. The van der Waals surface area contributed by atoms with E-state index in [1.807, 2.05) is 0 Å². The molecule has 0 fully saturated rings. The zero-order valence-electron chi connectivity index (χ0n) is 13.9. The largest absolute Gasteiger partial charge is 0.466 e. The molecule has 1 aliphatic rings. The predicted octanol–water partition coefficient (Wildman–Crippen LogP) is 0.249. The van der Waals surface area contributed by atoms with Crippen molar-refractivity contribution in [3.05, 3.63) is 41.1 Å². The lowest BCUT2D eigenvalue weighted by Crippen LogP contribution is -2.38. The van der Waals surface area contributed by atoms with E-state index in [1.54, 1.807) is 24.3 Å². The highest BCUT2D eigenvalue weighted by Crippen LogP contribution is 2.26. The number of anilines is 1. The van der Waals surface area contributed by atoms with Gasteiger partial charge in [-0.2, -0.15) is 0 Å². The van der Waals surface area contributed by atoms with Crippen molar-refractivity contribution < 1.29 is 28.6 Å². The number of esters is 2. The second-order valence-corrected chi connectivity index (χ2v) is 5.10. The number of carbonyl (C=O) groups excluding carboxylic acids is 3. The van der Waals surface area contributed by atoms with Gasteiger partial charge in [0, 0.05) is 12.2 Å². The molecular weight excluding hydrogens is 330 g/mol. The van der Waals surface area contributed by atoms with E-state index in [-0.39, 0.29) is 31.2 Å². The Kier molecular flexibility index (Phi) is 5.96. The number of benzene rings is 1. The van der Waals surface area contributed by atoms with Crippen LogP contribution in [0.2, 0.25) is 0 Å². The molecule has 2 amide bonds. The summed E-state index contributed by atoms with van der Waals surface area (Å²) >= 11 is 0. The molecule has 0 atom stereocenters. The minimum Gasteiger partial charge on any atom is -0.466 e. The summed E-state index contributed by atoms with van der Waals surface area (Å²) in [6.07, 6.45) is 0. The molecule has 1 aromatic rings. The molecular formula is C16H19N3O6. The molecule has 2 rings (SSSR count). The van der Waals surface area contributed by atoms with E-state index in [0.717, 1.165) is 5.56 Å². The van der Waals surface area contributed by atoms with Crippen LogP contribution in [0, 0.1) is 0 Å². The fourth-order valence-corrected chi connectivity index (χ4v) is 2.33. The first-order chi connectivity index (χ1) is 12.0. The average molecular weight is 349 g/mol. The molecule has 0 unspecified atom stereocenters. The summed E-state index contributed by atoms with van der Waals surface area (Å²) in [6.45, 7) is 0.303. The molecule has 0 saturated heterocycles. The van der Waals surface area contributed by atoms with Crippen LogP contribution in [0.4, 0.5) is 10.5 Å². The van der Waals surface area contributed by atoms with Gasteiger partial charge in [0.1, 0.15) is 12.4 Å². The maximum absolute atomic E-state index is 12.2. The average Bonchev–Trinajstić information content (AvgIpc) is 2.64. The third kappa shape index (κ3) is 4.27. The molecule has 1 heterocycles. The van der Waals surface area contributed by atoms with Crippen LogP contribution in [0.5, 0.6) is 0 Å². The maximum atomic E-state index is 12.2. The number of nitrogens with two attached hydrogens (primary N) is 1. The molecule has 9 heteroatoms. The Balaban J connectivity index is 2.33. The van der Waals surface area contributed by atoms with Gasteiger partial charge in [0.05, 0.1) is 26.4 Å². The standard InChI is InChI=1S/C16H19N3O6/c1-23-14(20)12-8-25-9-19(13(12)15(21)24-2)11-5-3-10(4-6-11)7-18-16(17)22/h3-6H,7-9H2,1-2H3,(H3,17,18,22). The Bertz CT molecular complexity index is 698. The first-order valence-electron chi connectivity index (χ1n) is 7.35. The zero-order valence-corrected chi connectivity index (χ0v) is 13.9. The molecule has 1 aliphatic heterocycles. The number of rotatable bonds is 5. The fraction of sp³-hybridized carbons (Fsp3) is 0.312. The number of primary amides is 1. The molecule has 9 nitrogen and oxygen atoms in total. The molecule has 0 aliphatic carbocycles. The molecule has 134 valence electrons. The van der Waals surface area contributed by atoms with Crippen LogP contribution in [-0.2, 0) is 30.3 Å².